The number of nitrogens with zero attached hydrogens (tertiary/aromatic N) is 4. The van der Waals surface area contributed by atoms with Crippen molar-refractivity contribution in [2.75, 3.05) is 45.2 Å². The number of aromatic nitrogens is 2. The van der Waals surface area contributed by atoms with E-state index < -0.39 is 6.04 Å². The van der Waals surface area contributed by atoms with Crippen LogP contribution in [0.5, 0.6) is 0 Å². The molecule has 1 fully saturated rings. The van der Waals surface area contributed by atoms with E-state index in [1.165, 1.54) is 0 Å². The molecule has 2 N–H and O–H groups in total. The number of carbonyl (C=O) groups excluding carboxylic acids is 3. The van der Waals surface area contributed by atoms with E-state index >= 15 is 0 Å². The number of hydrogen-bond donors (Lipinski definition) is 2. The van der Waals surface area contributed by atoms with Crippen molar-refractivity contribution in [1.82, 2.24) is 24.7 Å². The maximum absolute atomic E-state index is 14.7. The maximum atomic E-state index is 14.7. The Morgan fingerprint density at radius 3 is 2.53 bits per heavy atom. The fraction of sp³-hybridized carbons (Fsp3) is 0.359. The van der Waals surface area contributed by atoms with Gasteiger partial charge in [0.1, 0.15) is 11.7 Å². The highest BCUT2D eigenvalue weighted by Crippen LogP contribution is 2.33. The molecule has 4 heterocycles. The summed E-state index contributed by atoms with van der Waals surface area (Å²) in [5.41, 5.74) is 5.51. The number of hydrogen-bond acceptors (Lipinski definition) is 4. The molecule has 0 spiro atoms. The van der Waals surface area contributed by atoms with Crippen molar-refractivity contribution < 1.29 is 14.4 Å². The largest absolute Gasteiger partial charge is 0.361 e. The molecule has 2 aliphatic rings. The van der Waals surface area contributed by atoms with Crippen molar-refractivity contribution in [3.63, 3.8) is 0 Å². The number of rotatable bonds is 8. The van der Waals surface area contributed by atoms with Gasteiger partial charge < -0.3 is 29.6 Å². The molecule has 0 aliphatic carbocycles. The first kappa shape index (κ1) is 32.9. The van der Waals surface area contributed by atoms with E-state index in [1.54, 1.807) is 0 Å². The topological polar surface area (TPSA) is 93.7 Å². The van der Waals surface area contributed by atoms with Crippen molar-refractivity contribution in [3.05, 3.63) is 101 Å². The van der Waals surface area contributed by atoms with Crippen LogP contribution in [0.4, 0.5) is 5.69 Å². The van der Waals surface area contributed by atoms with E-state index in [4.69, 9.17) is 11.6 Å². The molecule has 2 atom stereocenters. The van der Waals surface area contributed by atoms with Crippen LogP contribution < -0.4 is 10.2 Å². The van der Waals surface area contributed by atoms with E-state index in [1.807, 2.05) is 115 Å². The van der Waals surface area contributed by atoms with Crippen LogP contribution in [0.25, 0.3) is 21.8 Å². The first-order chi connectivity index (χ1) is 23.7. The van der Waals surface area contributed by atoms with Crippen molar-refractivity contribution >= 4 is 56.8 Å². The number of anilines is 1. The molecule has 10 heteroatoms. The van der Waals surface area contributed by atoms with E-state index in [-0.39, 0.29) is 29.6 Å². The van der Waals surface area contributed by atoms with Crippen LogP contribution in [0.1, 0.15) is 34.5 Å². The van der Waals surface area contributed by atoms with Crippen LogP contribution >= 0.6 is 11.6 Å². The third-order valence-electron chi connectivity index (χ3n) is 10.2. The van der Waals surface area contributed by atoms with Gasteiger partial charge in [-0.25, -0.2) is 0 Å². The molecule has 254 valence electrons. The molecular weight excluding hydrogens is 636 g/mol. The Labute approximate surface area is 291 Å². The minimum Gasteiger partial charge on any atom is -0.361 e. The average Bonchev–Trinajstić information content (AvgIpc) is 3.67. The standard InChI is InChI=1S/C39H43ClN6O3/c1-43(2)23-25-18-28-19-30(40)12-13-35(28)46(24-25)38(48)33(20-29-22-41-32-10-6-5-9-31(29)32)42-37(47)26-14-16-45(17-15-26)39(49)36-21-27-8-4-7-11-34(27)44(36)3/h4-13,19,21-22,25-26,33,41H,14-18,20,23-24H2,1-3H3,(H,42,47)/t25-,33-/m1/s1. The lowest BCUT2D eigenvalue weighted by atomic mass is 9.90. The number of nitrogens with one attached hydrogen (secondary N) is 2. The minimum absolute atomic E-state index is 0.0268. The number of aromatic amines is 1. The number of amides is 3. The zero-order chi connectivity index (χ0) is 34.2. The number of benzene rings is 3. The van der Waals surface area contributed by atoms with E-state index in [9.17, 15) is 14.4 Å². The van der Waals surface area contributed by atoms with Crippen LogP contribution in [0.3, 0.4) is 0 Å². The summed E-state index contributed by atoms with van der Waals surface area (Å²) in [6.45, 7) is 2.34. The quantitative estimate of drug-likeness (QED) is 0.222. The molecule has 0 saturated carbocycles. The maximum Gasteiger partial charge on any atom is 0.270 e. The van der Waals surface area contributed by atoms with Gasteiger partial charge in [-0.2, -0.15) is 0 Å². The third kappa shape index (κ3) is 6.70. The molecule has 2 aromatic heterocycles. The Hall–Kier alpha value is -4.60. The smallest absolute Gasteiger partial charge is 0.270 e. The molecule has 0 radical (unpaired) electrons. The highest BCUT2D eigenvalue weighted by molar-refractivity contribution is 6.30. The summed E-state index contributed by atoms with van der Waals surface area (Å²) >= 11 is 6.42. The van der Waals surface area contributed by atoms with E-state index in [0.29, 0.717) is 49.6 Å². The lowest BCUT2D eigenvalue weighted by Crippen LogP contribution is -2.54. The molecular formula is C39H43ClN6O3. The number of fused-ring (bicyclic) bond motifs is 3. The summed E-state index contributed by atoms with van der Waals surface area (Å²) in [5, 5.41) is 5.91. The predicted molar refractivity (Wildman–Crippen MR) is 195 cm³/mol. The summed E-state index contributed by atoms with van der Waals surface area (Å²) in [4.78, 5) is 51.4. The average molecular weight is 679 g/mol. The molecule has 3 aromatic carbocycles. The molecule has 0 unspecified atom stereocenters. The normalized spacial score (nSPS) is 17.4. The summed E-state index contributed by atoms with van der Waals surface area (Å²) < 4.78 is 1.94. The molecule has 1 saturated heterocycles. The van der Waals surface area contributed by atoms with Crippen LogP contribution in [0, 0.1) is 11.8 Å². The predicted octanol–water partition coefficient (Wildman–Crippen LogP) is 5.66. The lowest BCUT2D eigenvalue weighted by Gasteiger charge is -2.38. The van der Waals surface area contributed by atoms with Gasteiger partial charge in [-0.3, -0.25) is 14.4 Å². The van der Waals surface area contributed by atoms with Crippen LogP contribution in [0.15, 0.2) is 79.0 Å². The fourth-order valence-corrected chi connectivity index (χ4v) is 7.95. The fourth-order valence-electron chi connectivity index (χ4n) is 7.76. The van der Waals surface area contributed by atoms with Gasteiger partial charge in [0.05, 0.1) is 0 Å². The van der Waals surface area contributed by atoms with Crippen molar-refractivity contribution in [2.24, 2.45) is 18.9 Å². The number of piperidine rings is 1. The highest BCUT2D eigenvalue weighted by atomic mass is 35.5. The second-order valence-corrected chi connectivity index (χ2v) is 14.3. The Bertz CT molecular complexity index is 2020. The first-order valence-corrected chi connectivity index (χ1v) is 17.5. The van der Waals surface area contributed by atoms with E-state index in [0.717, 1.165) is 51.6 Å². The minimum atomic E-state index is -0.774. The summed E-state index contributed by atoms with van der Waals surface area (Å²) in [6.07, 6.45) is 4.18. The second-order valence-electron chi connectivity index (χ2n) is 13.9. The van der Waals surface area contributed by atoms with Crippen molar-refractivity contribution in [1.29, 1.82) is 0 Å². The van der Waals surface area contributed by atoms with Crippen LogP contribution in [-0.2, 0) is 29.5 Å². The van der Waals surface area contributed by atoms with Gasteiger partial charge in [0.2, 0.25) is 11.8 Å². The van der Waals surface area contributed by atoms with Crippen LogP contribution in [0.2, 0.25) is 5.02 Å². The number of likely N-dealkylation sites (tertiary alicyclic amines) is 1. The monoisotopic (exact) mass is 678 g/mol. The van der Waals surface area contributed by atoms with Crippen molar-refractivity contribution in [2.45, 2.75) is 31.7 Å². The summed E-state index contributed by atoms with van der Waals surface area (Å²) in [7, 11) is 6.00. The van der Waals surface area contributed by atoms with Crippen molar-refractivity contribution in [3.8, 4) is 0 Å². The van der Waals surface area contributed by atoms with Gasteiger partial charge in [-0.1, -0.05) is 48.0 Å². The number of H-pyrrole nitrogens is 1. The Morgan fingerprint density at radius 2 is 1.76 bits per heavy atom. The van der Waals surface area contributed by atoms with Gasteiger partial charge in [-0.05, 0) is 86.8 Å². The number of halogens is 1. The van der Waals surface area contributed by atoms with Gasteiger partial charge in [-0.15, -0.1) is 0 Å². The number of para-hydroxylation sites is 2. The highest BCUT2D eigenvalue weighted by Gasteiger charge is 2.36. The lowest BCUT2D eigenvalue weighted by molar-refractivity contribution is -0.131. The van der Waals surface area contributed by atoms with E-state index in [2.05, 4.69) is 15.2 Å². The zero-order valence-corrected chi connectivity index (χ0v) is 29.0. The van der Waals surface area contributed by atoms with Gasteiger partial charge >= 0.3 is 0 Å². The second kappa shape index (κ2) is 13.7. The Morgan fingerprint density at radius 1 is 1.00 bits per heavy atom. The molecule has 9 nitrogen and oxygen atoms in total. The number of carbonyl (C=O) groups is 3. The SMILES string of the molecule is CN(C)C[C@H]1Cc2cc(Cl)ccc2N(C(=O)[C@@H](Cc2c[nH]c3ccccc23)NC(=O)C2CCN(C(=O)c3cc4ccccc4n3C)CC2)C1. The summed E-state index contributed by atoms with van der Waals surface area (Å²) in [6, 6.07) is 22.9. The molecule has 3 amide bonds. The molecule has 5 aromatic rings. The molecule has 49 heavy (non-hydrogen) atoms. The van der Waals surface area contributed by atoms with Gasteiger partial charge in [0.25, 0.3) is 5.91 Å². The Balaban J connectivity index is 1.11. The molecule has 7 rings (SSSR count). The Kier molecular flexibility index (Phi) is 9.22. The number of aryl methyl sites for hydroxylation is 1. The third-order valence-corrected chi connectivity index (χ3v) is 10.4. The van der Waals surface area contributed by atoms with Gasteiger partial charge in [0, 0.05) is 84.3 Å². The van der Waals surface area contributed by atoms with Crippen LogP contribution in [-0.4, -0.2) is 83.4 Å². The molecule has 0 bridgehead atoms. The summed E-state index contributed by atoms with van der Waals surface area (Å²) in [5.74, 6) is -0.384. The molecule has 2 aliphatic heterocycles. The first-order valence-electron chi connectivity index (χ1n) is 17.1. The zero-order valence-electron chi connectivity index (χ0n) is 28.3. The van der Waals surface area contributed by atoms with Gasteiger partial charge in [0.15, 0.2) is 0 Å².